The third kappa shape index (κ3) is 2.83. The Morgan fingerprint density at radius 2 is 2.23 bits per heavy atom. The summed E-state index contributed by atoms with van der Waals surface area (Å²) < 4.78 is 0. The van der Waals surface area contributed by atoms with Crippen molar-refractivity contribution in [3.8, 4) is 0 Å². The molecule has 2 heterocycles. The average Bonchev–Trinajstić information content (AvgIpc) is 3.22. The highest BCUT2D eigenvalue weighted by Gasteiger charge is 2.29. The number of carbonyl (C=O) groups is 1. The Labute approximate surface area is 129 Å². The van der Waals surface area contributed by atoms with Gasteiger partial charge in [-0.3, -0.25) is 4.79 Å². The molecular formula is C16H22N4O2. The molecular weight excluding hydrogens is 280 g/mol. The maximum Gasteiger partial charge on any atom is 0.255 e. The monoisotopic (exact) mass is 302 g/mol. The van der Waals surface area contributed by atoms with E-state index in [9.17, 15) is 9.90 Å². The minimum absolute atomic E-state index is 0.101. The van der Waals surface area contributed by atoms with Gasteiger partial charge in [-0.2, -0.15) is 0 Å². The van der Waals surface area contributed by atoms with Crippen molar-refractivity contribution in [3.63, 3.8) is 0 Å². The fourth-order valence-electron chi connectivity index (χ4n) is 2.43. The summed E-state index contributed by atoms with van der Waals surface area (Å²) in [6, 6.07) is -0.315. The summed E-state index contributed by atoms with van der Waals surface area (Å²) in [6.07, 6.45) is 5.70. The van der Waals surface area contributed by atoms with Gasteiger partial charge >= 0.3 is 0 Å². The molecule has 1 aliphatic carbocycles. The van der Waals surface area contributed by atoms with Gasteiger partial charge in [-0.15, -0.1) is 0 Å². The highest BCUT2D eigenvalue weighted by atomic mass is 16.3. The quantitative estimate of drug-likeness (QED) is 0.805. The topological polar surface area (TPSA) is 90.9 Å². The fraction of sp³-hybridized carbons (Fsp3) is 0.562. The predicted molar refractivity (Wildman–Crippen MR) is 83.7 cm³/mol. The molecule has 0 spiro atoms. The Morgan fingerprint density at radius 3 is 2.82 bits per heavy atom. The van der Waals surface area contributed by atoms with E-state index >= 15 is 0 Å². The van der Waals surface area contributed by atoms with Gasteiger partial charge in [0, 0.05) is 12.1 Å². The summed E-state index contributed by atoms with van der Waals surface area (Å²) in [5.74, 6) is 0.255. The number of hydrogen-bond acceptors (Lipinski definition) is 4. The number of amides is 1. The molecule has 6 nitrogen and oxygen atoms in total. The molecule has 0 bridgehead atoms. The maximum atomic E-state index is 12.5. The zero-order valence-electron chi connectivity index (χ0n) is 13.2. The lowest BCUT2D eigenvalue weighted by atomic mass is 9.87. The predicted octanol–water partition coefficient (Wildman–Crippen LogP) is 1.97. The molecule has 0 saturated heterocycles. The van der Waals surface area contributed by atoms with E-state index in [1.807, 2.05) is 20.8 Å². The molecule has 0 unspecified atom stereocenters. The number of rotatable bonds is 4. The zero-order chi connectivity index (χ0) is 15.9. The van der Waals surface area contributed by atoms with Crippen LogP contribution in [0.2, 0.25) is 0 Å². The Morgan fingerprint density at radius 1 is 1.50 bits per heavy atom. The number of H-pyrrole nitrogens is 1. The first-order chi connectivity index (χ1) is 10.4. The fourth-order valence-corrected chi connectivity index (χ4v) is 2.43. The average molecular weight is 302 g/mol. The van der Waals surface area contributed by atoms with Crippen molar-refractivity contribution in [2.75, 3.05) is 6.61 Å². The molecule has 3 rings (SSSR count). The van der Waals surface area contributed by atoms with Gasteiger partial charge < -0.3 is 15.4 Å². The van der Waals surface area contributed by atoms with Crippen molar-refractivity contribution in [1.82, 2.24) is 20.3 Å². The van der Waals surface area contributed by atoms with Crippen LogP contribution in [0.3, 0.4) is 0 Å². The van der Waals surface area contributed by atoms with E-state index in [-0.39, 0.29) is 24.0 Å². The standard InChI is InChI=1S/C16H22N4O2/c1-16(2,3)12(8-21)20-15(22)10-6-17-14-13(10)19-11(7-18-14)9-4-5-9/h6-7,9,12,21H,4-5,8H2,1-3H3,(H,17,18)(H,20,22)/t12-/m1/s1. The van der Waals surface area contributed by atoms with Crippen molar-refractivity contribution < 1.29 is 9.90 Å². The number of nitrogens with zero attached hydrogens (tertiary/aromatic N) is 2. The van der Waals surface area contributed by atoms with E-state index in [2.05, 4.69) is 20.3 Å². The summed E-state index contributed by atoms with van der Waals surface area (Å²) in [5, 5.41) is 12.4. The van der Waals surface area contributed by atoms with Crippen LogP contribution in [-0.2, 0) is 0 Å². The molecule has 22 heavy (non-hydrogen) atoms. The van der Waals surface area contributed by atoms with E-state index in [0.717, 1.165) is 18.5 Å². The SMILES string of the molecule is CC(C)(C)[C@@H](CO)NC(=O)c1c[nH]c2ncc(C3CC3)nc12. The molecule has 2 aromatic rings. The molecule has 1 saturated carbocycles. The first kappa shape index (κ1) is 15.0. The number of aliphatic hydroxyl groups is 1. The highest BCUT2D eigenvalue weighted by Crippen LogP contribution is 2.39. The largest absolute Gasteiger partial charge is 0.394 e. The Balaban J connectivity index is 1.88. The van der Waals surface area contributed by atoms with E-state index < -0.39 is 0 Å². The summed E-state index contributed by atoms with van der Waals surface area (Å²) in [7, 11) is 0. The van der Waals surface area contributed by atoms with Crippen LogP contribution >= 0.6 is 0 Å². The summed E-state index contributed by atoms with van der Waals surface area (Å²) in [6.45, 7) is 5.84. The molecule has 1 fully saturated rings. The van der Waals surface area contributed by atoms with Crippen molar-refractivity contribution >= 4 is 17.1 Å². The van der Waals surface area contributed by atoms with Gasteiger partial charge in [-0.05, 0) is 18.3 Å². The van der Waals surface area contributed by atoms with Crippen LogP contribution in [0, 0.1) is 5.41 Å². The lowest BCUT2D eigenvalue weighted by Gasteiger charge is -2.29. The Hall–Kier alpha value is -1.95. The lowest BCUT2D eigenvalue weighted by Crippen LogP contribution is -2.46. The first-order valence-electron chi connectivity index (χ1n) is 7.66. The van der Waals surface area contributed by atoms with Crippen molar-refractivity contribution in [3.05, 3.63) is 23.7 Å². The molecule has 0 aliphatic heterocycles. The minimum Gasteiger partial charge on any atom is -0.394 e. The Bertz CT molecular complexity index is 698. The van der Waals surface area contributed by atoms with Crippen LogP contribution in [0.25, 0.3) is 11.2 Å². The summed E-state index contributed by atoms with van der Waals surface area (Å²) in [4.78, 5) is 24.5. The number of aliphatic hydroxyl groups excluding tert-OH is 1. The number of aromatic nitrogens is 3. The maximum absolute atomic E-state index is 12.5. The molecule has 3 N–H and O–H groups in total. The minimum atomic E-state index is -0.315. The molecule has 0 aromatic carbocycles. The molecule has 2 aromatic heterocycles. The van der Waals surface area contributed by atoms with Gasteiger partial charge in [0.2, 0.25) is 0 Å². The van der Waals surface area contributed by atoms with Gasteiger partial charge in [0.15, 0.2) is 5.65 Å². The second-order valence-electron chi connectivity index (χ2n) is 7.04. The van der Waals surface area contributed by atoms with Gasteiger partial charge in [-0.25, -0.2) is 9.97 Å². The highest BCUT2D eigenvalue weighted by molar-refractivity contribution is 6.04. The van der Waals surface area contributed by atoms with Crippen LogP contribution in [0.5, 0.6) is 0 Å². The lowest BCUT2D eigenvalue weighted by molar-refractivity contribution is 0.0849. The molecule has 118 valence electrons. The zero-order valence-corrected chi connectivity index (χ0v) is 13.2. The molecule has 0 radical (unpaired) electrons. The van der Waals surface area contributed by atoms with Gasteiger partial charge in [-0.1, -0.05) is 20.8 Å². The normalized spacial score (nSPS) is 16.7. The summed E-state index contributed by atoms with van der Waals surface area (Å²) >= 11 is 0. The van der Waals surface area contributed by atoms with Crippen LogP contribution in [-0.4, -0.2) is 38.6 Å². The number of aromatic amines is 1. The third-order valence-electron chi connectivity index (χ3n) is 4.17. The van der Waals surface area contributed by atoms with Gasteiger partial charge in [0.1, 0.15) is 5.52 Å². The number of fused-ring (bicyclic) bond motifs is 1. The third-order valence-corrected chi connectivity index (χ3v) is 4.17. The van der Waals surface area contributed by atoms with Crippen molar-refractivity contribution in [2.24, 2.45) is 5.41 Å². The van der Waals surface area contributed by atoms with E-state index in [1.54, 1.807) is 12.4 Å². The van der Waals surface area contributed by atoms with Crippen LogP contribution < -0.4 is 5.32 Å². The van der Waals surface area contributed by atoms with E-state index in [4.69, 9.17) is 0 Å². The van der Waals surface area contributed by atoms with Crippen LogP contribution in [0.4, 0.5) is 0 Å². The molecule has 1 amide bonds. The first-order valence-corrected chi connectivity index (χ1v) is 7.66. The van der Waals surface area contributed by atoms with Gasteiger partial charge in [0.05, 0.1) is 30.1 Å². The number of hydrogen-bond donors (Lipinski definition) is 3. The summed E-state index contributed by atoms with van der Waals surface area (Å²) in [5.41, 5.74) is 2.43. The second-order valence-corrected chi connectivity index (χ2v) is 7.04. The number of carbonyl (C=O) groups excluding carboxylic acids is 1. The van der Waals surface area contributed by atoms with Crippen molar-refractivity contribution in [2.45, 2.75) is 45.6 Å². The molecule has 6 heteroatoms. The van der Waals surface area contributed by atoms with Crippen LogP contribution in [0.15, 0.2) is 12.4 Å². The molecule has 1 aliphatic rings. The van der Waals surface area contributed by atoms with Crippen LogP contribution in [0.1, 0.15) is 55.6 Å². The van der Waals surface area contributed by atoms with E-state index in [1.165, 1.54) is 0 Å². The van der Waals surface area contributed by atoms with Crippen molar-refractivity contribution in [1.29, 1.82) is 0 Å². The molecule has 1 atom stereocenters. The smallest absolute Gasteiger partial charge is 0.255 e. The number of nitrogens with one attached hydrogen (secondary N) is 2. The second kappa shape index (κ2) is 5.35. The van der Waals surface area contributed by atoms with E-state index in [0.29, 0.717) is 22.6 Å². The van der Waals surface area contributed by atoms with Gasteiger partial charge in [0.25, 0.3) is 5.91 Å². The Kier molecular flexibility index (Phi) is 3.64.